The fourth-order valence-corrected chi connectivity index (χ4v) is 3.78. The van der Waals surface area contributed by atoms with E-state index in [0.29, 0.717) is 39.0 Å². The number of methoxy groups -OCH3 is 1. The van der Waals surface area contributed by atoms with Crippen LogP contribution in [-0.4, -0.2) is 68.6 Å². The van der Waals surface area contributed by atoms with Gasteiger partial charge in [0.1, 0.15) is 11.8 Å². The molecule has 7 heteroatoms. The maximum Gasteiger partial charge on any atom is 0.328 e. The lowest BCUT2D eigenvalue weighted by Gasteiger charge is -2.27. The summed E-state index contributed by atoms with van der Waals surface area (Å²) < 4.78 is 10.2. The number of hydrogen-bond acceptors (Lipinski definition) is 6. The predicted octanol–water partition coefficient (Wildman–Crippen LogP) is 2.23. The number of Topliss-reactive ketones (excluding diaryl/α,β-unsaturated/α-hetero) is 1. The number of carbonyl (C=O) groups excluding carboxylic acids is 3. The van der Waals surface area contributed by atoms with E-state index < -0.39 is 17.9 Å². The van der Waals surface area contributed by atoms with E-state index in [4.69, 9.17) is 9.47 Å². The van der Waals surface area contributed by atoms with Crippen molar-refractivity contribution >= 4 is 17.7 Å². The molecule has 1 N–H and O–H groups in total. The van der Waals surface area contributed by atoms with Gasteiger partial charge in [0.25, 0.3) is 0 Å². The van der Waals surface area contributed by atoms with Crippen LogP contribution in [0.4, 0.5) is 0 Å². The summed E-state index contributed by atoms with van der Waals surface area (Å²) in [6.07, 6.45) is 1.88. The quantitative estimate of drug-likeness (QED) is 0.510. The lowest BCUT2D eigenvalue weighted by Crippen LogP contribution is -2.46. The molecule has 1 aliphatic rings. The predicted molar refractivity (Wildman–Crippen MR) is 119 cm³/mol. The standard InChI is InChI=1S/C24H36N2O5/c1-18(2)15-22(24(29)30-3)25-23(28)20(10-9-19-7-5-4-6-8-19)16-21(27)17-26-11-13-31-14-12-26/h4-8,18,20,22H,9-17H2,1-3H3,(H,25,28)/t20-,22+/m1/s1. The zero-order chi connectivity index (χ0) is 22.6. The van der Waals surface area contributed by atoms with Crippen molar-refractivity contribution in [2.45, 2.75) is 45.6 Å². The number of benzene rings is 1. The number of nitrogens with one attached hydrogen (secondary N) is 1. The molecule has 0 bridgehead atoms. The Morgan fingerprint density at radius 2 is 1.81 bits per heavy atom. The second kappa shape index (κ2) is 13.2. The van der Waals surface area contributed by atoms with E-state index in [1.165, 1.54) is 7.11 Å². The van der Waals surface area contributed by atoms with Crippen molar-refractivity contribution in [3.05, 3.63) is 35.9 Å². The molecule has 1 amide bonds. The molecule has 172 valence electrons. The van der Waals surface area contributed by atoms with Gasteiger partial charge in [0.2, 0.25) is 5.91 Å². The Morgan fingerprint density at radius 3 is 2.42 bits per heavy atom. The van der Waals surface area contributed by atoms with Gasteiger partial charge in [0.15, 0.2) is 0 Å². The monoisotopic (exact) mass is 432 g/mol. The Kier molecular flexibility index (Phi) is 10.7. The third kappa shape index (κ3) is 9.19. The van der Waals surface area contributed by atoms with Gasteiger partial charge in [-0.05, 0) is 30.7 Å². The highest BCUT2D eigenvalue weighted by atomic mass is 16.5. The SMILES string of the molecule is COC(=O)[C@H](CC(C)C)NC(=O)[C@H](CCc1ccccc1)CC(=O)CN1CCOCC1. The third-order valence-electron chi connectivity index (χ3n) is 5.48. The van der Waals surface area contributed by atoms with E-state index in [0.717, 1.165) is 18.7 Å². The molecule has 7 nitrogen and oxygen atoms in total. The Morgan fingerprint density at radius 1 is 1.13 bits per heavy atom. The van der Waals surface area contributed by atoms with Gasteiger partial charge in [0.05, 0.1) is 26.9 Å². The first-order valence-electron chi connectivity index (χ1n) is 11.1. The number of nitrogens with zero attached hydrogens (tertiary/aromatic N) is 1. The van der Waals surface area contributed by atoms with Gasteiger partial charge in [-0.25, -0.2) is 4.79 Å². The third-order valence-corrected chi connectivity index (χ3v) is 5.48. The summed E-state index contributed by atoms with van der Waals surface area (Å²) in [4.78, 5) is 40.0. The molecule has 1 aliphatic heterocycles. The van der Waals surface area contributed by atoms with Gasteiger partial charge < -0.3 is 14.8 Å². The fourth-order valence-electron chi connectivity index (χ4n) is 3.78. The number of aryl methyl sites for hydroxylation is 1. The molecular formula is C24H36N2O5. The van der Waals surface area contributed by atoms with Gasteiger partial charge in [-0.15, -0.1) is 0 Å². The Balaban J connectivity index is 2.03. The number of morpholine rings is 1. The lowest BCUT2D eigenvalue weighted by molar-refractivity contribution is -0.146. The highest BCUT2D eigenvalue weighted by molar-refractivity contribution is 5.90. The molecular weight excluding hydrogens is 396 g/mol. The topological polar surface area (TPSA) is 84.9 Å². The Labute approximate surface area is 185 Å². The van der Waals surface area contributed by atoms with Crippen molar-refractivity contribution < 1.29 is 23.9 Å². The van der Waals surface area contributed by atoms with Gasteiger partial charge >= 0.3 is 5.97 Å². The van der Waals surface area contributed by atoms with Crippen molar-refractivity contribution in [1.82, 2.24) is 10.2 Å². The number of hydrogen-bond donors (Lipinski definition) is 1. The number of amides is 1. The van der Waals surface area contributed by atoms with E-state index in [9.17, 15) is 14.4 Å². The molecule has 0 radical (unpaired) electrons. The van der Waals surface area contributed by atoms with E-state index in [1.54, 1.807) is 0 Å². The summed E-state index contributed by atoms with van der Waals surface area (Å²) >= 11 is 0. The second-order valence-electron chi connectivity index (χ2n) is 8.57. The molecule has 0 aliphatic carbocycles. The zero-order valence-corrected chi connectivity index (χ0v) is 19.0. The number of esters is 1. The minimum Gasteiger partial charge on any atom is -0.467 e. The molecule has 1 heterocycles. The van der Waals surface area contributed by atoms with Crippen LogP contribution in [0.25, 0.3) is 0 Å². The first-order valence-corrected chi connectivity index (χ1v) is 11.1. The van der Waals surface area contributed by atoms with E-state index in [-0.39, 0.29) is 24.0 Å². The van der Waals surface area contributed by atoms with Crippen LogP contribution >= 0.6 is 0 Å². The van der Waals surface area contributed by atoms with Crippen LogP contribution in [0, 0.1) is 11.8 Å². The minimum absolute atomic E-state index is 0.0357. The van der Waals surface area contributed by atoms with Crippen LogP contribution in [0.5, 0.6) is 0 Å². The fraction of sp³-hybridized carbons (Fsp3) is 0.625. The van der Waals surface area contributed by atoms with Crippen LogP contribution in [0.2, 0.25) is 0 Å². The summed E-state index contributed by atoms with van der Waals surface area (Å²) in [7, 11) is 1.32. The summed E-state index contributed by atoms with van der Waals surface area (Å²) in [5, 5.41) is 2.85. The van der Waals surface area contributed by atoms with Crippen molar-refractivity contribution in [3.63, 3.8) is 0 Å². The number of ketones is 1. The smallest absolute Gasteiger partial charge is 0.328 e. The summed E-state index contributed by atoms with van der Waals surface area (Å²) in [6.45, 7) is 7.01. The van der Waals surface area contributed by atoms with E-state index >= 15 is 0 Å². The molecule has 1 aromatic rings. The Hall–Kier alpha value is -2.25. The molecule has 2 atom stereocenters. The lowest BCUT2D eigenvalue weighted by atomic mass is 9.92. The van der Waals surface area contributed by atoms with Gasteiger partial charge in [-0.3, -0.25) is 14.5 Å². The van der Waals surface area contributed by atoms with Crippen LogP contribution in [0.1, 0.15) is 38.7 Å². The van der Waals surface area contributed by atoms with Crippen LogP contribution in [-0.2, 0) is 30.3 Å². The van der Waals surface area contributed by atoms with Gasteiger partial charge in [-0.1, -0.05) is 44.2 Å². The normalized spacial score (nSPS) is 16.5. The average Bonchev–Trinajstić information content (AvgIpc) is 2.76. The zero-order valence-electron chi connectivity index (χ0n) is 19.0. The van der Waals surface area contributed by atoms with Crippen molar-refractivity contribution in [2.24, 2.45) is 11.8 Å². The maximum atomic E-state index is 13.1. The average molecular weight is 433 g/mol. The summed E-state index contributed by atoms with van der Waals surface area (Å²) in [6, 6.07) is 9.20. The summed E-state index contributed by atoms with van der Waals surface area (Å²) in [5.74, 6) is -0.956. The Bertz CT molecular complexity index is 701. The summed E-state index contributed by atoms with van der Waals surface area (Å²) in [5.41, 5.74) is 1.12. The van der Waals surface area contributed by atoms with Gasteiger partial charge in [0, 0.05) is 25.4 Å². The van der Waals surface area contributed by atoms with Gasteiger partial charge in [-0.2, -0.15) is 0 Å². The molecule has 1 saturated heterocycles. The highest BCUT2D eigenvalue weighted by Crippen LogP contribution is 2.17. The molecule has 31 heavy (non-hydrogen) atoms. The number of ether oxygens (including phenoxy) is 2. The second-order valence-corrected chi connectivity index (χ2v) is 8.57. The maximum absolute atomic E-state index is 13.1. The molecule has 0 unspecified atom stereocenters. The van der Waals surface area contributed by atoms with Crippen molar-refractivity contribution in [3.8, 4) is 0 Å². The number of carbonyl (C=O) groups is 3. The molecule has 1 aromatic carbocycles. The van der Waals surface area contributed by atoms with Crippen molar-refractivity contribution in [2.75, 3.05) is 40.0 Å². The van der Waals surface area contributed by atoms with E-state index in [2.05, 4.69) is 10.2 Å². The van der Waals surface area contributed by atoms with Crippen LogP contribution in [0.15, 0.2) is 30.3 Å². The largest absolute Gasteiger partial charge is 0.467 e. The molecule has 0 saturated carbocycles. The van der Waals surface area contributed by atoms with Crippen molar-refractivity contribution in [1.29, 1.82) is 0 Å². The van der Waals surface area contributed by atoms with E-state index in [1.807, 2.05) is 44.2 Å². The molecule has 0 aromatic heterocycles. The molecule has 2 rings (SSSR count). The molecule has 0 spiro atoms. The first kappa shape index (κ1) is 25.0. The number of rotatable bonds is 12. The van der Waals surface area contributed by atoms with Crippen LogP contribution < -0.4 is 5.32 Å². The first-order chi connectivity index (χ1) is 14.9. The van der Waals surface area contributed by atoms with Crippen LogP contribution in [0.3, 0.4) is 0 Å². The molecule has 1 fully saturated rings. The minimum atomic E-state index is -0.703. The highest BCUT2D eigenvalue weighted by Gasteiger charge is 2.28.